The third kappa shape index (κ3) is 4.92. The number of carbonyl (C=O) groups is 2. The molecule has 1 N–H and O–H groups in total. The summed E-state index contributed by atoms with van der Waals surface area (Å²) in [6.07, 6.45) is 2.93. The van der Waals surface area contributed by atoms with Crippen LogP contribution in [-0.4, -0.2) is 63.2 Å². The monoisotopic (exact) mass is 321 g/mol. The Kier molecular flexibility index (Phi) is 5.20. The molecule has 1 aliphatic heterocycles. The van der Waals surface area contributed by atoms with E-state index in [4.69, 9.17) is 4.74 Å². The molecule has 0 unspecified atom stereocenters. The van der Waals surface area contributed by atoms with Crippen LogP contribution >= 0.6 is 0 Å². The van der Waals surface area contributed by atoms with E-state index in [0.29, 0.717) is 19.6 Å². The maximum atomic E-state index is 12.1. The van der Waals surface area contributed by atoms with Gasteiger partial charge >= 0.3 is 12.1 Å². The van der Waals surface area contributed by atoms with Crippen LogP contribution in [0.2, 0.25) is 0 Å². The highest BCUT2D eigenvalue weighted by Crippen LogP contribution is 2.17. The van der Waals surface area contributed by atoms with Crippen molar-refractivity contribution < 1.29 is 19.4 Å². The van der Waals surface area contributed by atoms with Crippen LogP contribution in [0.1, 0.15) is 26.3 Å². The summed E-state index contributed by atoms with van der Waals surface area (Å²) < 4.78 is 5.32. The number of aromatic nitrogens is 1. The standard InChI is InChI=1S/C16H23N3O4/c1-16(2,3)23-15(22)19-8-7-18(13(11-19)14(20)21)10-12-5-4-6-17-9-12/h4-6,9,13H,7-8,10-11H2,1-3H3,(H,20,21)/t13-/m0/s1. The van der Waals surface area contributed by atoms with Gasteiger partial charge in [0.05, 0.1) is 6.54 Å². The second kappa shape index (κ2) is 6.95. The highest BCUT2D eigenvalue weighted by Gasteiger charge is 2.35. The second-order valence-electron chi connectivity index (χ2n) is 6.61. The third-order valence-corrected chi connectivity index (χ3v) is 3.54. The Balaban J connectivity index is 2.03. The lowest BCUT2D eigenvalue weighted by atomic mass is 10.1. The van der Waals surface area contributed by atoms with Crippen molar-refractivity contribution >= 4 is 12.1 Å². The van der Waals surface area contributed by atoms with Crippen LogP contribution in [0.5, 0.6) is 0 Å². The molecule has 1 fully saturated rings. The summed E-state index contributed by atoms with van der Waals surface area (Å²) in [7, 11) is 0. The summed E-state index contributed by atoms with van der Waals surface area (Å²) in [5.74, 6) is -0.942. The van der Waals surface area contributed by atoms with E-state index >= 15 is 0 Å². The Morgan fingerprint density at radius 2 is 2.13 bits per heavy atom. The Morgan fingerprint density at radius 3 is 2.70 bits per heavy atom. The lowest BCUT2D eigenvalue weighted by molar-refractivity contribution is -0.145. The molecule has 1 amide bonds. The molecule has 1 saturated heterocycles. The highest BCUT2D eigenvalue weighted by atomic mass is 16.6. The molecule has 0 aromatic carbocycles. The van der Waals surface area contributed by atoms with Gasteiger partial charge in [0.1, 0.15) is 11.6 Å². The molecule has 7 nitrogen and oxygen atoms in total. The quantitative estimate of drug-likeness (QED) is 0.910. The molecule has 2 heterocycles. The van der Waals surface area contributed by atoms with Crippen LogP contribution < -0.4 is 0 Å². The summed E-state index contributed by atoms with van der Waals surface area (Å²) in [4.78, 5) is 31.1. The van der Waals surface area contributed by atoms with Crippen molar-refractivity contribution in [1.29, 1.82) is 0 Å². The van der Waals surface area contributed by atoms with Crippen molar-refractivity contribution in [3.63, 3.8) is 0 Å². The summed E-state index contributed by atoms with van der Waals surface area (Å²) in [6, 6.07) is 2.98. The predicted molar refractivity (Wildman–Crippen MR) is 83.9 cm³/mol. The molecule has 1 aromatic rings. The van der Waals surface area contributed by atoms with E-state index in [9.17, 15) is 14.7 Å². The van der Waals surface area contributed by atoms with E-state index in [0.717, 1.165) is 5.56 Å². The third-order valence-electron chi connectivity index (χ3n) is 3.54. The van der Waals surface area contributed by atoms with E-state index in [2.05, 4.69) is 4.98 Å². The van der Waals surface area contributed by atoms with Gasteiger partial charge in [-0.1, -0.05) is 6.07 Å². The zero-order valence-corrected chi connectivity index (χ0v) is 13.7. The number of aliphatic carboxylic acids is 1. The lowest BCUT2D eigenvalue weighted by Crippen LogP contribution is -2.57. The summed E-state index contributed by atoms with van der Waals surface area (Å²) in [6.45, 7) is 6.90. The minimum atomic E-state index is -0.942. The Labute approximate surface area is 135 Å². The minimum Gasteiger partial charge on any atom is -0.480 e. The first kappa shape index (κ1) is 17.2. The van der Waals surface area contributed by atoms with Gasteiger partial charge in [-0.15, -0.1) is 0 Å². The van der Waals surface area contributed by atoms with Crippen LogP contribution in [-0.2, 0) is 16.1 Å². The first-order valence-corrected chi connectivity index (χ1v) is 7.60. The van der Waals surface area contributed by atoms with Gasteiger partial charge in [-0.3, -0.25) is 14.7 Å². The van der Waals surface area contributed by atoms with Crippen molar-refractivity contribution in [3.8, 4) is 0 Å². The average molecular weight is 321 g/mol. The van der Waals surface area contributed by atoms with Gasteiger partial charge in [-0.25, -0.2) is 4.79 Å². The fraction of sp³-hybridized carbons (Fsp3) is 0.562. The molecule has 0 bridgehead atoms. The number of carboxylic acid groups (broad SMARTS) is 1. The van der Waals surface area contributed by atoms with E-state index in [1.54, 1.807) is 33.2 Å². The fourth-order valence-electron chi connectivity index (χ4n) is 2.46. The van der Waals surface area contributed by atoms with Crippen LogP contribution in [0, 0.1) is 0 Å². The molecular formula is C16H23N3O4. The summed E-state index contributed by atoms with van der Waals surface area (Å²) in [5.41, 5.74) is 0.354. The molecule has 23 heavy (non-hydrogen) atoms. The number of pyridine rings is 1. The van der Waals surface area contributed by atoms with E-state index in [1.807, 2.05) is 17.0 Å². The number of carbonyl (C=O) groups excluding carboxylic acids is 1. The van der Waals surface area contributed by atoms with E-state index < -0.39 is 23.7 Å². The van der Waals surface area contributed by atoms with Crippen molar-refractivity contribution in [1.82, 2.24) is 14.8 Å². The Hall–Kier alpha value is -2.15. The molecule has 7 heteroatoms. The fourth-order valence-corrected chi connectivity index (χ4v) is 2.46. The Morgan fingerprint density at radius 1 is 1.39 bits per heavy atom. The van der Waals surface area contributed by atoms with Gasteiger partial charge in [-0.2, -0.15) is 0 Å². The smallest absolute Gasteiger partial charge is 0.410 e. The largest absolute Gasteiger partial charge is 0.480 e. The van der Waals surface area contributed by atoms with Gasteiger partial charge in [-0.05, 0) is 32.4 Å². The SMILES string of the molecule is CC(C)(C)OC(=O)N1CCN(Cc2cccnc2)[C@H](C(=O)O)C1. The van der Waals surface area contributed by atoms with Gasteiger partial charge in [0.2, 0.25) is 0 Å². The van der Waals surface area contributed by atoms with E-state index in [-0.39, 0.29) is 6.54 Å². The number of ether oxygens (including phenoxy) is 1. The first-order chi connectivity index (χ1) is 10.8. The van der Waals surface area contributed by atoms with Crippen LogP contribution in [0.15, 0.2) is 24.5 Å². The maximum absolute atomic E-state index is 12.1. The summed E-state index contributed by atoms with van der Waals surface area (Å²) >= 11 is 0. The zero-order valence-electron chi connectivity index (χ0n) is 13.7. The lowest BCUT2D eigenvalue weighted by Gasteiger charge is -2.39. The molecule has 1 aromatic heterocycles. The molecule has 0 saturated carbocycles. The number of carboxylic acids is 1. The van der Waals surface area contributed by atoms with Crippen LogP contribution in [0.25, 0.3) is 0 Å². The number of piperazine rings is 1. The topological polar surface area (TPSA) is 83.0 Å². The predicted octanol–water partition coefficient (Wildman–Crippen LogP) is 1.59. The van der Waals surface area contributed by atoms with Gasteiger partial charge < -0.3 is 14.7 Å². The maximum Gasteiger partial charge on any atom is 0.410 e. The molecule has 0 aliphatic carbocycles. The summed E-state index contributed by atoms with van der Waals surface area (Å²) in [5, 5.41) is 9.48. The van der Waals surface area contributed by atoms with Crippen molar-refractivity contribution in [2.75, 3.05) is 19.6 Å². The minimum absolute atomic E-state index is 0.116. The number of hydrogen-bond donors (Lipinski definition) is 1. The van der Waals surface area contributed by atoms with E-state index in [1.165, 1.54) is 4.90 Å². The van der Waals surface area contributed by atoms with Crippen LogP contribution in [0.4, 0.5) is 4.79 Å². The number of hydrogen-bond acceptors (Lipinski definition) is 5. The second-order valence-corrected chi connectivity index (χ2v) is 6.61. The molecule has 0 radical (unpaired) electrons. The normalized spacial score (nSPS) is 19.4. The van der Waals surface area contributed by atoms with Gasteiger partial charge in [0.15, 0.2) is 0 Å². The number of nitrogens with zero attached hydrogens (tertiary/aromatic N) is 3. The molecule has 1 aliphatic rings. The highest BCUT2D eigenvalue weighted by molar-refractivity contribution is 5.76. The average Bonchev–Trinajstić information content (AvgIpc) is 2.46. The number of rotatable bonds is 3. The molecule has 1 atom stereocenters. The molecular weight excluding hydrogens is 298 g/mol. The first-order valence-electron chi connectivity index (χ1n) is 7.60. The number of amides is 1. The van der Waals surface area contributed by atoms with Crippen molar-refractivity contribution in [2.24, 2.45) is 0 Å². The molecule has 126 valence electrons. The molecule has 2 rings (SSSR count). The van der Waals surface area contributed by atoms with Crippen molar-refractivity contribution in [2.45, 2.75) is 39.0 Å². The zero-order chi connectivity index (χ0) is 17.0. The van der Waals surface area contributed by atoms with Gasteiger partial charge in [0, 0.05) is 32.0 Å². The van der Waals surface area contributed by atoms with Crippen molar-refractivity contribution in [3.05, 3.63) is 30.1 Å². The Bertz CT molecular complexity index is 556. The van der Waals surface area contributed by atoms with Crippen LogP contribution in [0.3, 0.4) is 0 Å². The van der Waals surface area contributed by atoms with Gasteiger partial charge in [0.25, 0.3) is 0 Å². The molecule has 0 spiro atoms.